The number of hydrogen-bond donors (Lipinski definition) is 1. The van der Waals surface area contributed by atoms with Crippen molar-refractivity contribution in [3.63, 3.8) is 0 Å². The van der Waals surface area contributed by atoms with Crippen LogP contribution in [0.4, 0.5) is 10.8 Å². The van der Waals surface area contributed by atoms with Gasteiger partial charge in [0, 0.05) is 19.0 Å². The monoisotopic (exact) mass is 430 g/mol. The van der Waals surface area contributed by atoms with E-state index in [1.165, 1.54) is 34.8 Å². The second-order valence-electron chi connectivity index (χ2n) is 6.39. The fourth-order valence-corrected chi connectivity index (χ4v) is 4.65. The summed E-state index contributed by atoms with van der Waals surface area (Å²) < 4.78 is 27.1. The Morgan fingerprint density at radius 3 is 2.59 bits per heavy atom. The van der Waals surface area contributed by atoms with Crippen LogP contribution in [-0.4, -0.2) is 31.6 Å². The standard InChI is InChI=1S/C20H22N4O3S2/c1-3-4-13-18-22-23-20(28-18)21-19(25)15-9-8-12-17(14-15)29(26,27)24(2)16-10-6-5-7-11-16/h5-12,14H,3-4,13H2,1-2H3,(H,21,23,25). The number of carbonyl (C=O) groups excluding carboxylic acids is 1. The van der Waals surface area contributed by atoms with Gasteiger partial charge in [0.1, 0.15) is 5.01 Å². The molecule has 0 radical (unpaired) electrons. The fourth-order valence-electron chi connectivity index (χ4n) is 2.64. The first kappa shape index (κ1) is 20.9. The van der Waals surface area contributed by atoms with Crippen LogP contribution in [0.15, 0.2) is 59.5 Å². The Kier molecular flexibility index (Phi) is 6.60. The molecule has 0 spiro atoms. The summed E-state index contributed by atoms with van der Waals surface area (Å²) in [6.07, 6.45) is 2.89. The molecule has 3 aromatic rings. The van der Waals surface area contributed by atoms with Crippen LogP contribution in [-0.2, 0) is 16.4 Å². The summed E-state index contributed by atoms with van der Waals surface area (Å²) >= 11 is 1.33. The van der Waals surface area contributed by atoms with Gasteiger partial charge in [-0.25, -0.2) is 8.42 Å². The Morgan fingerprint density at radius 2 is 1.86 bits per heavy atom. The Balaban J connectivity index is 1.78. The predicted octanol–water partition coefficient (Wildman–Crippen LogP) is 3.96. The lowest BCUT2D eigenvalue weighted by Crippen LogP contribution is -2.26. The fraction of sp³-hybridized carbons (Fsp3) is 0.250. The van der Waals surface area contributed by atoms with Gasteiger partial charge in [0.25, 0.3) is 15.9 Å². The number of nitrogens with zero attached hydrogens (tertiary/aromatic N) is 3. The van der Waals surface area contributed by atoms with Crippen molar-refractivity contribution in [3.8, 4) is 0 Å². The molecule has 0 saturated heterocycles. The lowest BCUT2D eigenvalue weighted by Gasteiger charge is -2.19. The van der Waals surface area contributed by atoms with Crippen molar-refractivity contribution in [2.75, 3.05) is 16.7 Å². The van der Waals surface area contributed by atoms with Crippen molar-refractivity contribution in [1.29, 1.82) is 0 Å². The molecule has 7 nitrogen and oxygen atoms in total. The van der Waals surface area contributed by atoms with Crippen molar-refractivity contribution in [2.45, 2.75) is 31.1 Å². The summed E-state index contributed by atoms with van der Waals surface area (Å²) in [6.45, 7) is 2.10. The van der Waals surface area contributed by atoms with E-state index in [-0.39, 0.29) is 10.5 Å². The molecule has 0 atom stereocenters. The van der Waals surface area contributed by atoms with Crippen LogP contribution in [0.2, 0.25) is 0 Å². The molecule has 1 amide bonds. The number of nitrogens with one attached hydrogen (secondary N) is 1. The molecule has 1 N–H and O–H groups in total. The molecule has 0 aliphatic rings. The Morgan fingerprint density at radius 1 is 1.10 bits per heavy atom. The highest BCUT2D eigenvalue weighted by molar-refractivity contribution is 7.92. The maximum absolute atomic E-state index is 12.9. The molecule has 0 aliphatic carbocycles. The average Bonchev–Trinajstić information content (AvgIpc) is 3.19. The Labute approximate surface area is 174 Å². The van der Waals surface area contributed by atoms with Crippen LogP contribution >= 0.6 is 11.3 Å². The van der Waals surface area contributed by atoms with Crippen LogP contribution < -0.4 is 9.62 Å². The first-order chi connectivity index (χ1) is 13.9. The molecule has 0 saturated carbocycles. The third-order valence-electron chi connectivity index (χ3n) is 4.31. The van der Waals surface area contributed by atoms with Gasteiger partial charge in [-0.1, -0.05) is 48.9 Å². The number of unbranched alkanes of at least 4 members (excludes halogenated alkanes) is 1. The van der Waals surface area contributed by atoms with Crippen LogP contribution in [0.3, 0.4) is 0 Å². The molecule has 0 unspecified atom stereocenters. The van der Waals surface area contributed by atoms with Gasteiger partial charge in [-0.05, 0) is 36.8 Å². The first-order valence-corrected chi connectivity index (χ1v) is 11.4. The second kappa shape index (κ2) is 9.15. The number of amides is 1. The van der Waals surface area contributed by atoms with Gasteiger partial charge in [0.2, 0.25) is 5.13 Å². The van der Waals surface area contributed by atoms with E-state index < -0.39 is 15.9 Å². The normalized spacial score (nSPS) is 11.2. The number of anilines is 2. The molecule has 1 aromatic heterocycles. The zero-order chi connectivity index (χ0) is 20.9. The molecule has 2 aromatic carbocycles. The zero-order valence-corrected chi connectivity index (χ0v) is 17.8. The number of benzene rings is 2. The molecule has 3 rings (SSSR count). The summed E-state index contributed by atoms with van der Waals surface area (Å²) in [5.74, 6) is -0.428. The van der Waals surface area contributed by atoms with Crippen LogP contribution in [0.25, 0.3) is 0 Å². The van der Waals surface area contributed by atoms with Crippen LogP contribution in [0, 0.1) is 0 Å². The van der Waals surface area contributed by atoms with Crippen LogP contribution in [0.1, 0.15) is 35.1 Å². The highest BCUT2D eigenvalue weighted by atomic mass is 32.2. The lowest BCUT2D eigenvalue weighted by atomic mass is 10.2. The highest BCUT2D eigenvalue weighted by Gasteiger charge is 2.22. The molecule has 0 aliphatic heterocycles. The number of hydrogen-bond acceptors (Lipinski definition) is 6. The third kappa shape index (κ3) is 4.99. The molecule has 1 heterocycles. The molecular weight excluding hydrogens is 408 g/mol. The molecule has 152 valence electrons. The smallest absolute Gasteiger partial charge is 0.264 e. The second-order valence-corrected chi connectivity index (χ2v) is 9.43. The van der Waals surface area contributed by atoms with Crippen molar-refractivity contribution in [2.24, 2.45) is 0 Å². The van der Waals surface area contributed by atoms with E-state index in [9.17, 15) is 13.2 Å². The van der Waals surface area contributed by atoms with Gasteiger partial charge in [0.15, 0.2) is 0 Å². The van der Waals surface area contributed by atoms with Gasteiger partial charge in [0.05, 0.1) is 10.6 Å². The van der Waals surface area contributed by atoms with E-state index in [1.807, 2.05) is 6.07 Å². The number of carbonyl (C=O) groups is 1. The van der Waals surface area contributed by atoms with Crippen molar-refractivity contribution in [1.82, 2.24) is 10.2 Å². The molecule has 29 heavy (non-hydrogen) atoms. The number of rotatable bonds is 8. The summed E-state index contributed by atoms with van der Waals surface area (Å²) in [6, 6.07) is 14.7. The van der Waals surface area contributed by atoms with E-state index in [4.69, 9.17) is 0 Å². The van der Waals surface area contributed by atoms with E-state index in [1.54, 1.807) is 36.4 Å². The predicted molar refractivity (Wildman–Crippen MR) is 115 cm³/mol. The van der Waals surface area contributed by atoms with Gasteiger partial charge in [-0.15, -0.1) is 10.2 Å². The average molecular weight is 431 g/mol. The Hall–Kier alpha value is -2.78. The number of para-hydroxylation sites is 1. The number of sulfonamides is 1. The van der Waals surface area contributed by atoms with E-state index in [2.05, 4.69) is 22.4 Å². The number of aryl methyl sites for hydroxylation is 1. The largest absolute Gasteiger partial charge is 0.296 e. The summed E-state index contributed by atoms with van der Waals surface area (Å²) in [5.41, 5.74) is 0.772. The third-order valence-corrected chi connectivity index (χ3v) is 6.99. The van der Waals surface area contributed by atoms with Crippen LogP contribution in [0.5, 0.6) is 0 Å². The SMILES string of the molecule is CCCCc1nnc(NC(=O)c2cccc(S(=O)(=O)N(C)c3ccccc3)c2)s1. The van der Waals surface area contributed by atoms with Crippen molar-refractivity contribution < 1.29 is 13.2 Å². The van der Waals surface area contributed by atoms with Gasteiger partial charge in [-0.2, -0.15) is 0 Å². The van der Waals surface area contributed by atoms with Gasteiger partial charge < -0.3 is 0 Å². The molecule has 0 bridgehead atoms. The lowest BCUT2D eigenvalue weighted by molar-refractivity contribution is 0.102. The topological polar surface area (TPSA) is 92.3 Å². The minimum Gasteiger partial charge on any atom is -0.296 e. The Bertz CT molecular complexity index is 1080. The van der Waals surface area contributed by atoms with E-state index >= 15 is 0 Å². The molecular formula is C20H22N4O3S2. The molecule has 0 fully saturated rings. The van der Waals surface area contributed by atoms with Crippen molar-refractivity contribution in [3.05, 3.63) is 65.2 Å². The van der Waals surface area contributed by atoms with E-state index in [0.29, 0.717) is 10.8 Å². The maximum Gasteiger partial charge on any atom is 0.264 e. The van der Waals surface area contributed by atoms with E-state index in [0.717, 1.165) is 24.3 Å². The summed E-state index contributed by atoms with van der Waals surface area (Å²) in [4.78, 5) is 12.6. The summed E-state index contributed by atoms with van der Waals surface area (Å²) in [7, 11) is -2.32. The first-order valence-electron chi connectivity index (χ1n) is 9.19. The minimum atomic E-state index is -3.80. The molecule has 9 heteroatoms. The zero-order valence-electron chi connectivity index (χ0n) is 16.2. The van der Waals surface area contributed by atoms with Gasteiger partial charge >= 0.3 is 0 Å². The van der Waals surface area contributed by atoms with Gasteiger partial charge in [-0.3, -0.25) is 14.4 Å². The quantitative estimate of drug-likeness (QED) is 0.584. The maximum atomic E-state index is 12.9. The highest BCUT2D eigenvalue weighted by Crippen LogP contribution is 2.23. The number of aromatic nitrogens is 2. The minimum absolute atomic E-state index is 0.0393. The summed E-state index contributed by atoms with van der Waals surface area (Å²) in [5, 5.41) is 12.0. The van der Waals surface area contributed by atoms with Crippen molar-refractivity contribution >= 4 is 38.1 Å².